The first kappa shape index (κ1) is 18.9. The van der Waals surface area contributed by atoms with Crippen LogP contribution in [-0.4, -0.2) is 40.3 Å². The number of nitrogens with one attached hydrogen (secondary N) is 1. The minimum absolute atomic E-state index is 0.0234. The van der Waals surface area contributed by atoms with Gasteiger partial charge in [0.15, 0.2) is 0 Å². The molecule has 2 aliphatic rings. The quantitative estimate of drug-likeness (QED) is 0.899. The third-order valence-electron chi connectivity index (χ3n) is 5.74. The van der Waals surface area contributed by atoms with Gasteiger partial charge in [0.05, 0.1) is 5.54 Å². The molecule has 5 nitrogen and oxygen atoms in total. The summed E-state index contributed by atoms with van der Waals surface area (Å²) < 4.78 is 0. The number of carbonyl (C=O) groups excluding carboxylic acids is 2. The highest BCUT2D eigenvalue weighted by molar-refractivity contribution is 5.93. The molecule has 26 heavy (non-hydrogen) atoms. The van der Waals surface area contributed by atoms with Gasteiger partial charge in [-0.25, -0.2) is 0 Å². The van der Waals surface area contributed by atoms with Crippen LogP contribution in [0.25, 0.3) is 0 Å². The van der Waals surface area contributed by atoms with Crippen LogP contribution in [0.4, 0.5) is 0 Å². The predicted octanol–water partition coefficient (Wildman–Crippen LogP) is 3.29. The van der Waals surface area contributed by atoms with Gasteiger partial charge < -0.3 is 10.2 Å². The van der Waals surface area contributed by atoms with Crippen molar-refractivity contribution in [3.63, 3.8) is 0 Å². The van der Waals surface area contributed by atoms with Gasteiger partial charge in [-0.05, 0) is 54.7 Å². The first-order valence-corrected chi connectivity index (χ1v) is 9.57. The maximum Gasteiger partial charge on any atom is 0.272 e. The Labute approximate surface area is 156 Å². The maximum atomic E-state index is 12.9. The molecule has 1 N–H and O–H groups in total. The zero-order valence-corrected chi connectivity index (χ0v) is 16.7. The standard InChI is InChI=1S/C21H31N3O2/c1-19(2,3)15-6-10-22-16(12-15)18(26)24-11-9-21(5,14-24)23-17(25)13-20(4)7-8-20/h6,10,12H,7-9,11,13-14H2,1-5H3,(H,23,25). The van der Waals surface area contributed by atoms with E-state index in [-0.39, 0.29) is 28.2 Å². The number of likely N-dealkylation sites (tertiary alicyclic amines) is 1. The maximum absolute atomic E-state index is 12.9. The van der Waals surface area contributed by atoms with Crippen LogP contribution < -0.4 is 5.32 Å². The predicted molar refractivity (Wildman–Crippen MR) is 102 cm³/mol. The molecule has 0 spiro atoms. The molecule has 5 heteroatoms. The van der Waals surface area contributed by atoms with Crippen LogP contribution in [0, 0.1) is 5.41 Å². The Balaban J connectivity index is 1.64. The summed E-state index contributed by atoms with van der Waals surface area (Å²) in [4.78, 5) is 31.3. The highest BCUT2D eigenvalue weighted by Gasteiger charge is 2.42. The highest BCUT2D eigenvalue weighted by atomic mass is 16.2. The average molecular weight is 357 g/mol. The van der Waals surface area contributed by atoms with Crippen molar-refractivity contribution >= 4 is 11.8 Å². The fraction of sp³-hybridized carbons (Fsp3) is 0.667. The molecular weight excluding hydrogens is 326 g/mol. The van der Waals surface area contributed by atoms with Gasteiger partial charge in [0.1, 0.15) is 5.69 Å². The van der Waals surface area contributed by atoms with Crippen LogP contribution in [0.5, 0.6) is 0 Å². The number of amides is 2. The van der Waals surface area contributed by atoms with Crippen molar-refractivity contribution in [2.24, 2.45) is 5.41 Å². The van der Waals surface area contributed by atoms with E-state index in [1.165, 1.54) is 0 Å². The van der Waals surface area contributed by atoms with Crippen molar-refractivity contribution in [1.29, 1.82) is 0 Å². The van der Waals surface area contributed by atoms with Gasteiger partial charge in [-0.1, -0.05) is 27.7 Å². The number of carbonyl (C=O) groups is 2. The Bertz CT molecular complexity index is 718. The lowest BCUT2D eigenvalue weighted by Crippen LogP contribution is -2.49. The smallest absolute Gasteiger partial charge is 0.272 e. The van der Waals surface area contributed by atoms with Gasteiger partial charge in [0.2, 0.25) is 5.91 Å². The molecule has 0 radical (unpaired) electrons. The molecule has 2 heterocycles. The monoisotopic (exact) mass is 357 g/mol. The van der Waals surface area contributed by atoms with Crippen LogP contribution >= 0.6 is 0 Å². The normalized spacial score (nSPS) is 24.4. The van der Waals surface area contributed by atoms with E-state index in [1.807, 2.05) is 24.0 Å². The molecule has 1 atom stereocenters. The van der Waals surface area contributed by atoms with E-state index >= 15 is 0 Å². The van der Waals surface area contributed by atoms with Crippen LogP contribution in [-0.2, 0) is 10.2 Å². The summed E-state index contributed by atoms with van der Waals surface area (Å²) in [6.45, 7) is 11.8. The van der Waals surface area contributed by atoms with Crippen molar-refractivity contribution in [2.45, 2.75) is 71.3 Å². The van der Waals surface area contributed by atoms with E-state index in [0.29, 0.717) is 25.2 Å². The van der Waals surface area contributed by atoms with E-state index in [2.05, 4.69) is 38.0 Å². The minimum atomic E-state index is -0.348. The molecule has 3 rings (SSSR count). The fourth-order valence-electron chi connectivity index (χ4n) is 3.57. The average Bonchev–Trinajstić information content (AvgIpc) is 3.13. The number of nitrogens with zero attached hydrogens (tertiary/aromatic N) is 2. The van der Waals surface area contributed by atoms with Gasteiger partial charge in [-0.3, -0.25) is 14.6 Å². The van der Waals surface area contributed by atoms with Crippen LogP contribution in [0.3, 0.4) is 0 Å². The van der Waals surface area contributed by atoms with Gasteiger partial charge in [-0.15, -0.1) is 0 Å². The lowest BCUT2D eigenvalue weighted by molar-refractivity contribution is -0.123. The Morgan fingerprint density at radius 3 is 2.54 bits per heavy atom. The Morgan fingerprint density at radius 1 is 1.23 bits per heavy atom. The van der Waals surface area contributed by atoms with Crippen LogP contribution in [0.15, 0.2) is 18.3 Å². The van der Waals surface area contributed by atoms with E-state index in [0.717, 1.165) is 24.8 Å². The van der Waals surface area contributed by atoms with Crippen LogP contribution in [0.2, 0.25) is 0 Å². The number of rotatable bonds is 4. The second kappa shape index (κ2) is 6.36. The van der Waals surface area contributed by atoms with E-state index in [9.17, 15) is 9.59 Å². The van der Waals surface area contributed by atoms with E-state index < -0.39 is 0 Å². The summed E-state index contributed by atoms with van der Waals surface area (Å²) in [6, 6.07) is 3.86. The van der Waals surface area contributed by atoms with Gasteiger partial charge >= 0.3 is 0 Å². The second-order valence-corrected chi connectivity index (χ2v) is 9.75. The molecule has 1 aliphatic carbocycles. The van der Waals surface area contributed by atoms with Crippen molar-refractivity contribution < 1.29 is 9.59 Å². The third-order valence-corrected chi connectivity index (χ3v) is 5.74. The summed E-state index contributed by atoms with van der Waals surface area (Å²) in [5.74, 6) is 0.0536. The van der Waals surface area contributed by atoms with Gasteiger partial charge in [0, 0.05) is 25.7 Å². The fourth-order valence-corrected chi connectivity index (χ4v) is 3.57. The summed E-state index contributed by atoms with van der Waals surface area (Å²) >= 11 is 0. The number of pyridine rings is 1. The Kier molecular flexibility index (Phi) is 4.62. The molecule has 1 aliphatic heterocycles. The molecule has 1 saturated carbocycles. The number of hydrogen-bond acceptors (Lipinski definition) is 3. The molecule has 1 aromatic rings. The van der Waals surface area contributed by atoms with Crippen molar-refractivity contribution in [3.05, 3.63) is 29.6 Å². The van der Waals surface area contributed by atoms with Gasteiger partial charge in [-0.2, -0.15) is 0 Å². The molecule has 1 saturated heterocycles. The molecule has 142 valence electrons. The highest BCUT2D eigenvalue weighted by Crippen LogP contribution is 2.48. The van der Waals surface area contributed by atoms with E-state index in [4.69, 9.17) is 0 Å². The summed E-state index contributed by atoms with van der Waals surface area (Å²) in [6.07, 6.45) is 5.35. The third kappa shape index (κ3) is 4.25. The number of aromatic nitrogens is 1. The van der Waals surface area contributed by atoms with Crippen molar-refractivity contribution in [1.82, 2.24) is 15.2 Å². The van der Waals surface area contributed by atoms with E-state index in [1.54, 1.807) is 6.20 Å². The molecular formula is C21H31N3O2. The van der Waals surface area contributed by atoms with Gasteiger partial charge in [0.25, 0.3) is 5.91 Å². The van der Waals surface area contributed by atoms with Crippen molar-refractivity contribution in [2.75, 3.05) is 13.1 Å². The lowest BCUT2D eigenvalue weighted by atomic mass is 9.87. The Hall–Kier alpha value is -1.91. The Morgan fingerprint density at radius 2 is 1.92 bits per heavy atom. The number of hydrogen-bond donors (Lipinski definition) is 1. The first-order valence-electron chi connectivity index (χ1n) is 9.57. The van der Waals surface area contributed by atoms with Crippen LogP contribution in [0.1, 0.15) is 76.4 Å². The molecule has 2 fully saturated rings. The second-order valence-electron chi connectivity index (χ2n) is 9.75. The minimum Gasteiger partial charge on any atom is -0.349 e. The largest absolute Gasteiger partial charge is 0.349 e. The summed E-state index contributed by atoms with van der Waals surface area (Å²) in [7, 11) is 0. The molecule has 0 aromatic carbocycles. The zero-order chi connectivity index (χ0) is 19.2. The summed E-state index contributed by atoms with van der Waals surface area (Å²) in [5, 5.41) is 3.17. The van der Waals surface area contributed by atoms with Crippen molar-refractivity contribution in [3.8, 4) is 0 Å². The molecule has 1 aromatic heterocycles. The molecule has 2 amide bonds. The first-order chi connectivity index (χ1) is 12.0. The summed E-state index contributed by atoms with van der Waals surface area (Å²) in [5.41, 5.74) is 1.41. The topological polar surface area (TPSA) is 62.3 Å². The zero-order valence-electron chi connectivity index (χ0n) is 16.7. The molecule has 0 bridgehead atoms. The SMILES string of the molecule is CC1(CC(=O)NC2(C)CCN(C(=O)c3cc(C(C)(C)C)ccn3)C2)CC1. The lowest BCUT2D eigenvalue weighted by Gasteiger charge is -2.27. The molecule has 1 unspecified atom stereocenters.